The normalized spacial score (nSPS) is 8.10. The lowest BCUT2D eigenvalue weighted by Crippen LogP contribution is -2.26. The number of amides is 1. The Labute approximate surface area is 57.2 Å². The Morgan fingerprint density at radius 2 is 2.10 bits per heavy atom. The summed E-state index contributed by atoms with van der Waals surface area (Å²) >= 11 is 0. The molecule has 0 saturated carbocycles. The predicted octanol–water partition coefficient (Wildman–Crippen LogP) is 0.288. The number of nitrogens with one attached hydrogen (secondary N) is 1. The zero-order valence-corrected chi connectivity index (χ0v) is 5.38. The summed E-state index contributed by atoms with van der Waals surface area (Å²) in [7, 11) is 0. The Morgan fingerprint density at radius 1 is 1.60 bits per heavy atom. The maximum atomic E-state index is 10.4. The van der Waals surface area contributed by atoms with E-state index in [1.165, 1.54) is 6.92 Å². The topological polar surface area (TPSA) is 75.6 Å². The molecule has 5 nitrogen and oxygen atoms in total. The zero-order valence-electron chi connectivity index (χ0n) is 5.38. The van der Waals surface area contributed by atoms with Gasteiger partial charge < -0.3 is 9.94 Å². The third kappa shape index (κ3) is 3.48. The molecule has 0 aliphatic heterocycles. The minimum atomic E-state index is -1.56. The molecule has 0 fully saturated rings. The molecule has 2 N–H and O–H groups in total. The lowest BCUT2D eigenvalue weighted by atomic mass is 10.3. The Morgan fingerprint density at radius 3 is 2.40 bits per heavy atom. The van der Waals surface area contributed by atoms with Gasteiger partial charge in [0.25, 0.3) is 5.91 Å². The summed E-state index contributed by atoms with van der Waals surface area (Å²) in [4.78, 5) is 23.8. The van der Waals surface area contributed by atoms with E-state index in [1.807, 2.05) is 0 Å². The van der Waals surface area contributed by atoms with Gasteiger partial charge in [-0.15, -0.1) is 0 Å². The van der Waals surface area contributed by atoms with Gasteiger partial charge in [-0.05, 0) is 6.92 Å². The number of hydroxylamine groups is 1. The highest BCUT2D eigenvalue weighted by molar-refractivity contribution is 5.91. The van der Waals surface area contributed by atoms with Crippen molar-refractivity contribution in [2.24, 2.45) is 0 Å². The van der Waals surface area contributed by atoms with Gasteiger partial charge in [0, 0.05) is 5.57 Å². The Balaban J connectivity index is 3.60. The van der Waals surface area contributed by atoms with Crippen LogP contribution in [0.4, 0.5) is 4.79 Å². The summed E-state index contributed by atoms with van der Waals surface area (Å²) in [5, 5.41) is 7.88. The van der Waals surface area contributed by atoms with Crippen LogP contribution in [0.2, 0.25) is 0 Å². The predicted molar refractivity (Wildman–Crippen MR) is 32.1 cm³/mol. The summed E-state index contributed by atoms with van der Waals surface area (Å²) in [6.07, 6.45) is -1.56. The number of hydrogen-bond donors (Lipinski definition) is 2. The second kappa shape index (κ2) is 3.49. The smallest absolute Gasteiger partial charge is 0.448 e. The van der Waals surface area contributed by atoms with Gasteiger partial charge in [0.2, 0.25) is 0 Å². The highest BCUT2D eigenvalue weighted by atomic mass is 16.8. The molecule has 0 aromatic heterocycles. The van der Waals surface area contributed by atoms with Crippen molar-refractivity contribution in [2.75, 3.05) is 0 Å². The van der Waals surface area contributed by atoms with Crippen LogP contribution in [-0.2, 0) is 9.63 Å². The van der Waals surface area contributed by atoms with Crippen LogP contribution in [0.3, 0.4) is 0 Å². The van der Waals surface area contributed by atoms with Gasteiger partial charge in [-0.25, -0.2) is 4.79 Å². The molecule has 5 heteroatoms. The molecule has 0 aromatic carbocycles. The number of carbonyl (C=O) groups is 2. The number of rotatable bonds is 1. The van der Waals surface area contributed by atoms with Crippen LogP contribution in [0.15, 0.2) is 12.2 Å². The third-order valence-corrected chi connectivity index (χ3v) is 0.619. The molecule has 0 aliphatic carbocycles. The van der Waals surface area contributed by atoms with E-state index in [4.69, 9.17) is 5.11 Å². The molecule has 0 aliphatic rings. The first-order chi connectivity index (χ1) is 4.54. The van der Waals surface area contributed by atoms with Gasteiger partial charge in [-0.1, -0.05) is 6.58 Å². The number of hydrogen-bond acceptors (Lipinski definition) is 3. The molecular weight excluding hydrogens is 138 g/mol. The van der Waals surface area contributed by atoms with Crippen LogP contribution >= 0.6 is 0 Å². The molecule has 1 amide bonds. The molecule has 10 heavy (non-hydrogen) atoms. The first-order valence-corrected chi connectivity index (χ1v) is 2.39. The average molecular weight is 145 g/mol. The summed E-state index contributed by atoms with van der Waals surface area (Å²) in [6, 6.07) is 0. The largest absolute Gasteiger partial charge is 0.530 e. The van der Waals surface area contributed by atoms with Crippen LogP contribution in [0, 0.1) is 0 Å². The van der Waals surface area contributed by atoms with Gasteiger partial charge in [0.15, 0.2) is 0 Å². The molecule has 0 heterocycles. The summed E-state index contributed by atoms with van der Waals surface area (Å²) in [5.41, 5.74) is 1.83. The van der Waals surface area contributed by atoms with Crippen molar-refractivity contribution < 1.29 is 19.5 Å². The van der Waals surface area contributed by atoms with Crippen molar-refractivity contribution in [1.82, 2.24) is 5.48 Å². The van der Waals surface area contributed by atoms with Gasteiger partial charge in [-0.2, -0.15) is 5.48 Å². The second-order valence-corrected chi connectivity index (χ2v) is 1.58. The van der Waals surface area contributed by atoms with E-state index in [0.717, 1.165) is 0 Å². The fraction of sp³-hybridized carbons (Fsp3) is 0.200. The van der Waals surface area contributed by atoms with E-state index in [2.05, 4.69) is 11.4 Å². The van der Waals surface area contributed by atoms with Crippen molar-refractivity contribution in [3.8, 4) is 0 Å². The standard InChI is InChI=1S/C5H7NO4/c1-3(2)4(7)6-10-5(8)9/h1H2,2H3,(H,6,7)(H,8,9). The number of carboxylic acid groups (broad SMARTS) is 1. The molecule has 0 radical (unpaired) electrons. The second-order valence-electron chi connectivity index (χ2n) is 1.58. The Bertz CT molecular complexity index is 174. The molecule has 0 rings (SSSR count). The Kier molecular flexibility index (Phi) is 2.96. The molecule has 0 atom stereocenters. The van der Waals surface area contributed by atoms with Crippen LogP contribution in [-0.4, -0.2) is 17.2 Å². The maximum absolute atomic E-state index is 10.4. The molecular formula is C5H7NO4. The summed E-state index contributed by atoms with van der Waals surface area (Å²) in [6.45, 7) is 4.68. The van der Waals surface area contributed by atoms with Gasteiger partial charge in [0.1, 0.15) is 0 Å². The molecule has 0 spiro atoms. The minimum Gasteiger partial charge on any atom is -0.448 e. The van der Waals surface area contributed by atoms with Crippen LogP contribution in [0.5, 0.6) is 0 Å². The monoisotopic (exact) mass is 145 g/mol. The molecule has 0 unspecified atom stereocenters. The minimum absolute atomic E-state index is 0.182. The van der Waals surface area contributed by atoms with Crippen LogP contribution in [0.1, 0.15) is 6.92 Å². The molecule has 56 valence electrons. The highest BCUT2D eigenvalue weighted by Crippen LogP contribution is 1.84. The van der Waals surface area contributed by atoms with Crippen LogP contribution < -0.4 is 5.48 Å². The highest BCUT2D eigenvalue weighted by Gasteiger charge is 2.03. The van der Waals surface area contributed by atoms with Crippen molar-refractivity contribution in [2.45, 2.75) is 6.92 Å². The van der Waals surface area contributed by atoms with E-state index in [-0.39, 0.29) is 5.57 Å². The van der Waals surface area contributed by atoms with E-state index in [0.29, 0.717) is 0 Å². The SMILES string of the molecule is C=C(C)C(=O)NOC(=O)O. The van der Waals surface area contributed by atoms with Crippen LogP contribution in [0.25, 0.3) is 0 Å². The third-order valence-electron chi connectivity index (χ3n) is 0.619. The van der Waals surface area contributed by atoms with Crippen molar-refractivity contribution in [1.29, 1.82) is 0 Å². The lowest BCUT2D eigenvalue weighted by molar-refractivity contribution is -0.126. The molecule has 0 saturated heterocycles. The number of carbonyl (C=O) groups excluding carboxylic acids is 1. The van der Waals surface area contributed by atoms with E-state index in [1.54, 1.807) is 5.48 Å². The molecule has 0 bridgehead atoms. The quantitative estimate of drug-likeness (QED) is 0.410. The summed E-state index contributed by atoms with van der Waals surface area (Å²) < 4.78 is 0. The van der Waals surface area contributed by atoms with E-state index < -0.39 is 12.1 Å². The maximum Gasteiger partial charge on any atom is 0.530 e. The first kappa shape index (κ1) is 8.48. The van der Waals surface area contributed by atoms with Crippen molar-refractivity contribution in [3.05, 3.63) is 12.2 Å². The fourth-order valence-corrected chi connectivity index (χ4v) is 0.177. The van der Waals surface area contributed by atoms with Gasteiger partial charge in [0.05, 0.1) is 0 Å². The molecule has 0 aromatic rings. The zero-order chi connectivity index (χ0) is 8.15. The Hall–Kier alpha value is -1.52. The van der Waals surface area contributed by atoms with E-state index >= 15 is 0 Å². The van der Waals surface area contributed by atoms with Crippen molar-refractivity contribution >= 4 is 12.1 Å². The first-order valence-electron chi connectivity index (χ1n) is 2.39. The fourth-order valence-electron chi connectivity index (χ4n) is 0.177. The lowest BCUT2D eigenvalue weighted by Gasteiger charge is -1.99. The summed E-state index contributed by atoms with van der Waals surface area (Å²) in [5.74, 6) is -0.651. The van der Waals surface area contributed by atoms with Gasteiger partial charge in [-0.3, -0.25) is 4.79 Å². The van der Waals surface area contributed by atoms with Gasteiger partial charge >= 0.3 is 6.16 Å². The van der Waals surface area contributed by atoms with Crippen molar-refractivity contribution in [3.63, 3.8) is 0 Å². The average Bonchev–Trinajstić information content (AvgIpc) is 1.82. The van der Waals surface area contributed by atoms with E-state index in [9.17, 15) is 9.59 Å².